The smallest absolute Gasteiger partial charge is 0.513 e. The largest absolute Gasteiger partial charge is 0.701 e. The fourth-order valence-corrected chi connectivity index (χ4v) is 1.81. The number of rotatable bonds is 8. The summed E-state index contributed by atoms with van der Waals surface area (Å²) in [4.78, 5) is 0. The Kier molecular flexibility index (Phi) is 6.52. The highest BCUT2D eigenvalue weighted by molar-refractivity contribution is 6.52. The summed E-state index contributed by atoms with van der Waals surface area (Å²) < 4.78 is 27.1. The van der Waals surface area contributed by atoms with Gasteiger partial charge in [0, 0.05) is 14.2 Å². The van der Waals surface area contributed by atoms with Crippen molar-refractivity contribution in [3.8, 4) is 11.5 Å². The van der Waals surface area contributed by atoms with Gasteiger partial charge in [-0.1, -0.05) is 35.4 Å². The summed E-state index contributed by atoms with van der Waals surface area (Å²) in [5.41, 5.74) is 2.29. The van der Waals surface area contributed by atoms with E-state index in [4.69, 9.17) is 23.2 Å². The minimum Gasteiger partial charge on any atom is -0.513 e. The maximum atomic E-state index is 5.60. The molecule has 0 aliphatic rings. The monoisotopic (exact) mass is 314 g/mol. The van der Waals surface area contributed by atoms with Crippen LogP contribution >= 0.6 is 0 Å². The maximum absolute atomic E-state index is 5.60. The van der Waals surface area contributed by atoms with Crippen molar-refractivity contribution in [2.45, 2.75) is 13.8 Å². The lowest BCUT2D eigenvalue weighted by Crippen LogP contribution is -2.41. The average Bonchev–Trinajstić information content (AvgIpc) is 2.57. The van der Waals surface area contributed by atoms with E-state index in [1.165, 1.54) is 14.2 Å². The first-order chi connectivity index (χ1) is 11.1. The molecular weight excluding hydrogens is 294 g/mol. The van der Waals surface area contributed by atoms with Crippen LogP contribution in [0.15, 0.2) is 48.5 Å². The van der Waals surface area contributed by atoms with E-state index in [1.54, 1.807) is 0 Å². The van der Waals surface area contributed by atoms with Crippen LogP contribution in [0.2, 0.25) is 0 Å². The highest BCUT2D eigenvalue weighted by Gasteiger charge is 2.34. The Hall–Kier alpha value is -1.95. The van der Waals surface area contributed by atoms with Gasteiger partial charge in [0.1, 0.15) is 11.5 Å². The zero-order chi connectivity index (χ0) is 16.7. The molecule has 0 N–H and O–H groups in total. The van der Waals surface area contributed by atoms with Gasteiger partial charge >= 0.3 is 14.6 Å². The summed E-state index contributed by atoms with van der Waals surface area (Å²) >= 11 is 0. The maximum Gasteiger partial charge on any atom is 0.701 e. The van der Waals surface area contributed by atoms with Crippen LogP contribution < -0.4 is 9.31 Å². The number of hydrogen-bond donors (Lipinski definition) is 0. The number of benzene rings is 2. The van der Waals surface area contributed by atoms with Crippen molar-refractivity contribution < 1.29 is 23.2 Å². The first-order valence-corrected chi connectivity index (χ1v) is 7.28. The van der Waals surface area contributed by atoms with Crippen LogP contribution in [0.4, 0.5) is 0 Å². The third kappa shape index (κ3) is 5.63. The zero-order valence-corrected chi connectivity index (χ0v) is 13.8. The summed E-state index contributed by atoms with van der Waals surface area (Å²) in [5.74, 6) is 1.26. The normalized spacial score (nSPS) is 10.3. The van der Waals surface area contributed by atoms with Crippen molar-refractivity contribution in [1.29, 1.82) is 0 Å². The Labute approximate surface area is 137 Å². The fraction of sp³-hybridized carbons (Fsp3) is 0.250. The van der Waals surface area contributed by atoms with Crippen LogP contribution in [-0.2, 0) is 13.9 Å². The Morgan fingerprint density at radius 2 is 0.957 bits per heavy atom. The predicted molar refractivity (Wildman–Crippen MR) is 90.2 cm³/mol. The summed E-state index contributed by atoms with van der Waals surface area (Å²) in [6, 6.07) is 15.1. The molecule has 2 aromatic rings. The molecule has 0 spiro atoms. The number of aryl methyl sites for hydroxylation is 2. The minimum absolute atomic E-state index is 0.632. The Morgan fingerprint density at radius 3 is 1.26 bits per heavy atom. The molecule has 0 atom stereocenters. The molecule has 2 aromatic carbocycles. The second-order valence-corrected chi connectivity index (χ2v) is 5.05. The molecule has 7 heteroatoms. The van der Waals surface area contributed by atoms with Gasteiger partial charge in [0.15, 0.2) is 0 Å². The van der Waals surface area contributed by atoms with Gasteiger partial charge in [-0.15, -0.1) is 0 Å². The van der Waals surface area contributed by atoms with Gasteiger partial charge in [-0.05, 0) is 38.1 Å². The van der Waals surface area contributed by atoms with Crippen molar-refractivity contribution in [3.05, 3.63) is 59.7 Å². The van der Waals surface area contributed by atoms with Gasteiger partial charge in [-0.2, -0.15) is 0 Å². The van der Waals surface area contributed by atoms with Crippen LogP contribution in [-0.4, -0.2) is 28.9 Å². The van der Waals surface area contributed by atoms with Gasteiger partial charge in [0.25, 0.3) is 0 Å². The van der Waals surface area contributed by atoms with Crippen molar-refractivity contribution >= 4 is 14.6 Å². The molecule has 0 aliphatic carbocycles. The molecule has 0 aromatic heterocycles. The van der Waals surface area contributed by atoms with Crippen LogP contribution in [0.25, 0.3) is 0 Å². The van der Waals surface area contributed by atoms with Crippen molar-refractivity contribution in [2.24, 2.45) is 0 Å². The van der Waals surface area contributed by atoms with E-state index >= 15 is 0 Å². The van der Waals surface area contributed by atoms with Crippen molar-refractivity contribution in [2.75, 3.05) is 14.2 Å². The van der Waals surface area contributed by atoms with Gasteiger partial charge in [0.2, 0.25) is 0 Å². The van der Waals surface area contributed by atoms with E-state index < -0.39 is 14.6 Å². The molecule has 0 unspecified atom stereocenters. The molecule has 5 nitrogen and oxygen atoms in total. The molecule has 23 heavy (non-hydrogen) atoms. The van der Waals surface area contributed by atoms with E-state index in [9.17, 15) is 0 Å². The van der Waals surface area contributed by atoms with Crippen LogP contribution in [0, 0.1) is 13.8 Å². The lowest BCUT2D eigenvalue weighted by molar-refractivity contribution is 0.180. The van der Waals surface area contributed by atoms with E-state index in [2.05, 4.69) is 0 Å². The Bertz CT molecular complexity index is 535. The second kappa shape index (κ2) is 8.62. The van der Waals surface area contributed by atoms with Gasteiger partial charge in [0.05, 0.1) is 0 Å². The van der Waals surface area contributed by atoms with Crippen LogP contribution in [0.5, 0.6) is 11.5 Å². The molecule has 0 radical (unpaired) electrons. The predicted octanol–water partition coefficient (Wildman–Crippen LogP) is 3.04. The highest BCUT2D eigenvalue weighted by Crippen LogP contribution is 2.15. The SMILES string of the molecule is COB(OB(OC)Oc1ccc(C)cc1)Oc1ccc(C)cc1. The first-order valence-electron chi connectivity index (χ1n) is 7.28. The van der Waals surface area contributed by atoms with Gasteiger partial charge in [-0.3, -0.25) is 0 Å². The molecule has 0 fully saturated rings. The lowest BCUT2D eigenvalue weighted by atomic mass is 10.1. The Morgan fingerprint density at radius 1 is 0.609 bits per heavy atom. The molecule has 0 amide bonds. The van der Waals surface area contributed by atoms with Crippen LogP contribution in [0.1, 0.15) is 11.1 Å². The zero-order valence-electron chi connectivity index (χ0n) is 13.8. The molecule has 120 valence electrons. The van der Waals surface area contributed by atoms with Gasteiger partial charge in [-0.25, -0.2) is 0 Å². The minimum atomic E-state index is -0.951. The average molecular weight is 314 g/mol. The molecule has 0 heterocycles. The first kappa shape index (κ1) is 17.4. The third-order valence-corrected chi connectivity index (χ3v) is 3.11. The standard InChI is InChI=1S/C16H20B2O5/c1-13-5-9-15(10-6-13)21-17(19-3)23-18(20-4)22-16-11-7-14(2)8-12-16/h5-12H,1-4H3. The van der Waals surface area contributed by atoms with E-state index in [1.807, 2.05) is 62.4 Å². The molecule has 0 saturated heterocycles. The summed E-state index contributed by atoms with van der Waals surface area (Å²) in [7, 11) is 1.07. The van der Waals surface area contributed by atoms with E-state index in [-0.39, 0.29) is 0 Å². The van der Waals surface area contributed by atoms with Crippen LogP contribution in [0.3, 0.4) is 0 Å². The summed E-state index contributed by atoms with van der Waals surface area (Å²) in [6.45, 7) is 4.01. The lowest BCUT2D eigenvalue weighted by Gasteiger charge is -2.17. The van der Waals surface area contributed by atoms with Gasteiger partial charge < -0.3 is 23.2 Å². The fourth-order valence-electron chi connectivity index (χ4n) is 1.81. The second-order valence-electron chi connectivity index (χ2n) is 5.05. The van der Waals surface area contributed by atoms with Crippen molar-refractivity contribution in [3.63, 3.8) is 0 Å². The molecule has 0 aliphatic heterocycles. The number of hydrogen-bond acceptors (Lipinski definition) is 5. The van der Waals surface area contributed by atoms with E-state index in [0.29, 0.717) is 11.5 Å². The topological polar surface area (TPSA) is 46.2 Å². The molecular formula is C16H20B2O5. The highest BCUT2D eigenvalue weighted by atomic mass is 16.8. The van der Waals surface area contributed by atoms with E-state index in [0.717, 1.165) is 11.1 Å². The molecule has 2 rings (SSSR count). The summed E-state index contributed by atoms with van der Waals surface area (Å²) in [6.07, 6.45) is 0. The third-order valence-electron chi connectivity index (χ3n) is 3.11. The Balaban J connectivity index is 1.94. The van der Waals surface area contributed by atoms with Crippen molar-refractivity contribution in [1.82, 2.24) is 0 Å². The molecule has 0 saturated carbocycles. The quantitative estimate of drug-likeness (QED) is 0.701. The summed E-state index contributed by atoms with van der Waals surface area (Å²) in [5, 5.41) is 0. The molecule has 0 bridgehead atoms.